The molecule has 2 fully saturated rings. The first-order chi connectivity index (χ1) is 21.1. The van der Waals surface area contributed by atoms with Gasteiger partial charge in [0.2, 0.25) is 10.0 Å². The van der Waals surface area contributed by atoms with Crippen molar-refractivity contribution in [3.8, 4) is 11.3 Å². The van der Waals surface area contributed by atoms with E-state index in [1.807, 2.05) is 27.7 Å². The van der Waals surface area contributed by atoms with Crippen molar-refractivity contribution in [3.05, 3.63) is 82.9 Å². The lowest BCUT2D eigenvalue weighted by molar-refractivity contribution is 0.00578. The summed E-state index contributed by atoms with van der Waals surface area (Å²) < 4.78 is 75.4. The summed E-state index contributed by atoms with van der Waals surface area (Å²) in [6, 6.07) is 13.5. The predicted molar refractivity (Wildman–Crippen MR) is 170 cm³/mol. The molecule has 2 heterocycles. The van der Waals surface area contributed by atoms with E-state index in [4.69, 9.17) is 13.7 Å². The summed E-state index contributed by atoms with van der Waals surface area (Å²) in [6.07, 6.45) is 2.75. The van der Waals surface area contributed by atoms with Crippen molar-refractivity contribution in [3.63, 3.8) is 0 Å². The summed E-state index contributed by atoms with van der Waals surface area (Å²) in [5.74, 6) is -1.13. The van der Waals surface area contributed by atoms with Crippen LogP contribution in [0.15, 0.2) is 59.0 Å². The molecule has 12 heteroatoms. The van der Waals surface area contributed by atoms with E-state index >= 15 is 4.39 Å². The Labute approximate surface area is 261 Å². The van der Waals surface area contributed by atoms with Crippen molar-refractivity contribution in [2.75, 3.05) is 17.6 Å². The number of nitrogens with zero attached hydrogens (tertiary/aromatic N) is 1. The molecule has 6 rings (SSSR count). The molecule has 2 aliphatic rings. The van der Waals surface area contributed by atoms with Gasteiger partial charge in [0.15, 0.2) is 0 Å². The van der Waals surface area contributed by atoms with Gasteiger partial charge < -0.3 is 19.0 Å². The molecule has 3 aromatic carbocycles. The standard InChI is InChI=1S/C33H35BF2N2O6S/c1-32(2)33(3,4)44-34(43-32)22-12-9-21(26(36)15-22)18-38(45(6,40)41)27-17-28-25(16-24(27)19-7-8-19)29(31(39)37-5)30(42-28)20-10-13-23(35)14-11-20/h9-17,19H,7-8,18H2,1-6H3,(H,37,39). The first-order valence-corrected chi connectivity index (χ1v) is 16.6. The minimum atomic E-state index is -3.91. The highest BCUT2D eigenvalue weighted by atomic mass is 32.2. The molecule has 1 saturated heterocycles. The van der Waals surface area contributed by atoms with Crippen LogP contribution in [0.2, 0.25) is 0 Å². The molecular weight excluding hydrogens is 601 g/mol. The van der Waals surface area contributed by atoms with E-state index in [0.29, 0.717) is 22.1 Å². The third-order valence-corrected chi connectivity index (χ3v) is 10.1. The highest BCUT2D eigenvalue weighted by molar-refractivity contribution is 7.92. The number of furan rings is 1. The molecule has 1 saturated carbocycles. The fraction of sp³-hybridized carbons (Fsp3) is 0.364. The van der Waals surface area contributed by atoms with Crippen LogP contribution in [-0.4, -0.2) is 45.9 Å². The summed E-state index contributed by atoms with van der Waals surface area (Å²) >= 11 is 0. The number of anilines is 1. The number of amides is 1. The van der Waals surface area contributed by atoms with E-state index < -0.39 is 45.9 Å². The normalized spacial score (nSPS) is 17.6. The van der Waals surface area contributed by atoms with Gasteiger partial charge >= 0.3 is 7.12 Å². The number of benzene rings is 3. The van der Waals surface area contributed by atoms with Gasteiger partial charge in [0, 0.05) is 29.6 Å². The van der Waals surface area contributed by atoms with E-state index in [0.717, 1.165) is 24.7 Å². The smallest absolute Gasteiger partial charge is 0.455 e. The number of sulfonamides is 1. The Balaban J connectivity index is 1.43. The second-order valence-electron chi connectivity index (χ2n) is 12.8. The predicted octanol–water partition coefficient (Wildman–Crippen LogP) is 5.88. The third-order valence-electron chi connectivity index (χ3n) is 9.00. The van der Waals surface area contributed by atoms with Gasteiger partial charge in [-0.15, -0.1) is 0 Å². The van der Waals surface area contributed by atoms with Gasteiger partial charge in [0.25, 0.3) is 5.91 Å². The van der Waals surface area contributed by atoms with Crippen molar-refractivity contribution in [1.29, 1.82) is 0 Å². The molecule has 4 aromatic rings. The van der Waals surface area contributed by atoms with Crippen molar-refractivity contribution < 1.29 is 35.7 Å². The maximum atomic E-state index is 15.7. The molecule has 1 aliphatic carbocycles. The average Bonchev–Trinajstić information content (AvgIpc) is 3.70. The SMILES string of the molecule is CNC(=O)c1c(-c2ccc(F)cc2)oc2cc(N(Cc3ccc(B4OC(C)(C)C(C)(C)O4)cc3F)S(C)(=O)=O)c(C3CC3)cc12. The Morgan fingerprint density at radius 1 is 1.00 bits per heavy atom. The van der Waals surface area contributed by atoms with E-state index in [9.17, 15) is 17.6 Å². The van der Waals surface area contributed by atoms with Crippen molar-refractivity contribution >= 4 is 45.2 Å². The summed E-state index contributed by atoms with van der Waals surface area (Å²) in [5, 5.41) is 3.15. The summed E-state index contributed by atoms with van der Waals surface area (Å²) in [7, 11) is -3.18. The van der Waals surface area contributed by atoms with Crippen molar-refractivity contribution in [2.45, 2.75) is 64.2 Å². The molecule has 45 heavy (non-hydrogen) atoms. The van der Waals surface area contributed by atoms with E-state index in [1.165, 1.54) is 41.7 Å². The average molecular weight is 637 g/mol. The fourth-order valence-electron chi connectivity index (χ4n) is 5.59. The monoisotopic (exact) mass is 636 g/mol. The van der Waals surface area contributed by atoms with Crippen LogP contribution in [0.5, 0.6) is 0 Å². The Morgan fingerprint density at radius 2 is 1.64 bits per heavy atom. The minimum Gasteiger partial charge on any atom is -0.455 e. The third kappa shape index (κ3) is 5.75. The summed E-state index contributed by atoms with van der Waals surface area (Å²) in [6.45, 7) is 7.38. The van der Waals surface area contributed by atoms with Crippen LogP contribution in [0.3, 0.4) is 0 Å². The molecule has 1 aromatic heterocycles. The minimum absolute atomic E-state index is 0.0611. The van der Waals surface area contributed by atoms with E-state index in [-0.39, 0.29) is 34.9 Å². The first kappa shape index (κ1) is 31.3. The second-order valence-corrected chi connectivity index (χ2v) is 14.7. The number of nitrogens with one attached hydrogen (secondary N) is 1. The number of carbonyl (C=O) groups excluding carboxylic acids is 1. The van der Waals surface area contributed by atoms with Gasteiger partial charge in [-0.25, -0.2) is 17.2 Å². The lowest BCUT2D eigenvalue weighted by Crippen LogP contribution is -2.41. The van der Waals surface area contributed by atoms with Gasteiger partial charge in [0.05, 0.1) is 35.3 Å². The van der Waals surface area contributed by atoms with Crippen LogP contribution >= 0.6 is 0 Å². The van der Waals surface area contributed by atoms with Crippen molar-refractivity contribution in [1.82, 2.24) is 5.32 Å². The largest absolute Gasteiger partial charge is 0.494 e. The molecule has 0 bridgehead atoms. The van der Waals surface area contributed by atoms with Crippen LogP contribution in [0.25, 0.3) is 22.3 Å². The van der Waals surface area contributed by atoms with Crippen LogP contribution in [0.4, 0.5) is 14.5 Å². The first-order valence-electron chi connectivity index (χ1n) is 14.8. The molecule has 0 radical (unpaired) electrons. The van der Waals surface area contributed by atoms with Crippen LogP contribution in [-0.2, 0) is 25.9 Å². The van der Waals surface area contributed by atoms with Gasteiger partial charge in [-0.3, -0.25) is 9.10 Å². The highest BCUT2D eigenvalue weighted by Gasteiger charge is 2.51. The Morgan fingerprint density at radius 3 is 2.20 bits per heavy atom. The van der Waals surface area contributed by atoms with Crippen LogP contribution < -0.4 is 15.1 Å². The molecule has 0 unspecified atom stereocenters. The van der Waals surface area contributed by atoms with Gasteiger partial charge in [-0.1, -0.05) is 12.1 Å². The summed E-state index contributed by atoms with van der Waals surface area (Å²) in [5.41, 5.74) is 1.57. The quantitative estimate of drug-likeness (QED) is 0.243. The zero-order valence-corrected chi connectivity index (χ0v) is 26.8. The van der Waals surface area contributed by atoms with Crippen LogP contribution in [0.1, 0.15) is 67.9 Å². The number of fused-ring (bicyclic) bond motifs is 1. The summed E-state index contributed by atoms with van der Waals surface area (Å²) in [4.78, 5) is 13.1. The lowest BCUT2D eigenvalue weighted by Gasteiger charge is -2.32. The molecule has 0 atom stereocenters. The molecule has 1 aliphatic heterocycles. The molecule has 1 amide bonds. The Bertz CT molecular complexity index is 1900. The van der Waals surface area contributed by atoms with E-state index in [2.05, 4.69) is 5.32 Å². The Hall–Kier alpha value is -3.74. The van der Waals surface area contributed by atoms with Crippen molar-refractivity contribution in [2.24, 2.45) is 0 Å². The number of hydrogen-bond donors (Lipinski definition) is 1. The van der Waals surface area contributed by atoms with Crippen LogP contribution in [0, 0.1) is 11.6 Å². The van der Waals surface area contributed by atoms with Gasteiger partial charge in [-0.05, 0) is 93.9 Å². The molecule has 0 spiro atoms. The number of halogens is 2. The lowest BCUT2D eigenvalue weighted by atomic mass is 9.78. The zero-order chi connectivity index (χ0) is 32.5. The zero-order valence-electron chi connectivity index (χ0n) is 26.0. The fourth-order valence-corrected chi connectivity index (χ4v) is 6.48. The molecule has 1 N–H and O–H groups in total. The maximum Gasteiger partial charge on any atom is 0.494 e. The Kier molecular flexibility index (Phi) is 7.61. The van der Waals surface area contributed by atoms with Gasteiger partial charge in [0.1, 0.15) is 23.0 Å². The molecule has 236 valence electrons. The molecular formula is C33H35BF2N2O6S. The number of rotatable bonds is 8. The number of carbonyl (C=O) groups is 1. The highest BCUT2D eigenvalue weighted by Crippen LogP contribution is 2.48. The second kappa shape index (κ2) is 11.0. The molecule has 8 nitrogen and oxygen atoms in total. The number of hydrogen-bond acceptors (Lipinski definition) is 6. The van der Waals surface area contributed by atoms with Gasteiger partial charge in [-0.2, -0.15) is 0 Å². The topological polar surface area (TPSA) is 98.1 Å². The van der Waals surface area contributed by atoms with E-state index in [1.54, 1.807) is 24.3 Å². The maximum absolute atomic E-state index is 15.7.